The minimum atomic E-state index is -3.80. The summed E-state index contributed by atoms with van der Waals surface area (Å²) in [5.41, 5.74) is 0.594. The molecule has 0 saturated carbocycles. The molecule has 0 bridgehead atoms. The number of carbonyl (C=O) groups is 2. The number of esters is 1. The van der Waals surface area contributed by atoms with Crippen LogP contribution in [0.4, 0.5) is 4.79 Å². The molecular formula is C19H19BrN2O6S2. The van der Waals surface area contributed by atoms with Crippen LogP contribution in [0.3, 0.4) is 0 Å². The van der Waals surface area contributed by atoms with Crippen molar-refractivity contribution in [2.75, 3.05) is 19.5 Å². The molecule has 3 rings (SSSR count). The summed E-state index contributed by atoms with van der Waals surface area (Å²) in [7, 11) is -2.60. The quantitative estimate of drug-likeness (QED) is 0.549. The van der Waals surface area contributed by atoms with Crippen molar-refractivity contribution in [2.24, 2.45) is 0 Å². The van der Waals surface area contributed by atoms with E-state index < -0.39 is 33.6 Å². The Hall–Kier alpha value is -2.37. The van der Waals surface area contributed by atoms with Gasteiger partial charge in [0.05, 0.1) is 34.9 Å². The zero-order valence-corrected chi connectivity index (χ0v) is 19.3. The molecule has 2 amide bonds. The van der Waals surface area contributed by atoms with Crippen molar-refractivity contribution in [1.82, 2.24) is 10.6 Å². The summed E-state index contributed by atoms with van der Waals surface area (Å²) in [4.78, 5) is 24.8. The van der Waals surface area contributed by atoms with Gasteiger partial charge < -0.3 is 20.1 Å². The Labute approximate surface area is 186 Å². The fourth-order valence-electron chi connectivity index (χ4n) is 2.98. The van der Waals surface area contributed by atoms with Gasteiger partial charge in [0.15, 0.2) is 9.84 Å². The molecule has 1 aromatic heterocycles. The smallest absolute Gasteiger partial charge is 0.338 e. The average Bonchev–Trinajstić information content (AvgIpc) is 3.15. The van der Waals surface area contributed by atoms with Crippen molar-refractivity contribution >= 4 is 49.1 Å². The van der Waals surface area contributed by atoms with Crippen LogP contribution < -0.4 is 15.4 Å². The van der Waals surface area contributed by atoms with Gasteiger partial charge in [0.25, 0.3) is 0 Å². The first-order valence-corrected chi connectivity index (χ1v) is 12.1. The minimum absolute atomic E-state index is 0.0194. The second-order valence-corrected chi connectivity index (χ2v) is 10.9. The van der Waals surface area contributed by atoms with Gasteiger partial charge in [-0.1, -0.05) is 12.1 Å². The number of halogens is 1. The number of rotatable bonds is 7. The minimum Gasteiger partial charge on any atom is -0.494 e. The number of benzene rings is 1. The highest BCUT2D eigenvalue weighted by Crippen LogP contribution is 2.32. The van der Waals surface area contributed by atoms with E-state index in [2.05, 4.69) is 26.6 Å². The standard InChI is InChI=1S/C19H19BrN2O6S2/c1-3-28-12-6-4-11(5-7-12)17-16(18(23)27-2)13(21-19(24)22-17)10-30(25,26)15-9-8-14(20)29-15/h4-9,17H,3,10H2,1-2H3,(H2,21,22,24)/t17-/m0/s1. The lowest BCUT2D eigenvalue weighted by atomic mass is 9.95. The molecule has 1 aromatic carbocycles. The van der Waals surface area contributed by atoms with Gasteiger partial charge in [-0.05, 0) is 52.7 Å². The normalized spacial score (nSPS) is 16.6. The van der Waals surface area contributed by atoms with E-state index in [1.807, 2.05) is 6.92 Å². The van der Waals surface area contributed by atoms with Crippen LogP contribution >= 0.6 is 27.3 Å². The maximum Gasteiger partial charge on any atom is 0.338 e. The summed E-state index contributed by atoms with van der Waals surface area (Å²) >= 11 is 4.29. The van der Waals surface area contributed by atoms with Gasteiger partial charge >= 0.3 is 12.0 Å². The summed E-state index contributed by atoms with van der Waals surface area (Å²) in [5, 5.41) is 5.12. The Morgan fingerprint density at radius 1 is 1.20 bits per heavy atom. The van der Waals surface area contributed by atoms with Crippen LogP contribution in [-0.4, -0.2) is 39.9 Å². The average molecular weight is 515 g/mol. The Kier molecular flexibility index (Phi) is 6.84. The van der Waals surface area contributed by atoms with E-state index in [1.54, 1.807) is 30.3 Å². The molecule has 1 aliphatic rings. The Bertz CT molecular complexity index is 1090. The largest absolute Gasteiger partial charge is 0.494 e. The summed E-state index contributed by atoms with van der Waals surface area (Å²) in [6.45, 7) is 2.36. The van der Waals surface area contributed by atoms with E-state index in [9.17, 15) is 18.0 Å². The molecule has 0 saturated heterocycles. The molecular weight excluding hydrogens is 496 g/mol. The third-order valence-electron chi connectivity index (χ3n) is 4.27. The topological polar surface area (TPSA) is 111 Å². The molecule has 2 aromatic rings. The zero-order valence-electron chi connectivity index (χ0n) is 16.1. The second-order valence-electron chi connectivity index (χ2n) is 6.23. The fourth-order valence-corrected chi connectivity index (χ4v) is 6.40. The van der Waals surface area contributed by atoms with Gasteiger partial charge in [-0.2, -0.15) is 0 Å². The van der Waals surface area contributed by atoms with Gasteiger partial charge in [0, 0.05) is 5.70 Å². The van der Waals surface area contributed by atoms with E-state index in [1.165, 1.54) is 13.2 Å². The number of sulfone groups is 1. The molecule has 11 heteroatoms. The number of urea groups is 1. The number of nitrogens with one attached hydrogen (secondary N) is 2. The molecule has 0 unspecified atom stereocenters. The molecule has 2 N–H and O–H groups in total. The molecule has 160 valence electrons. The number of thiophene rings is 1. The predicted octanol–water partition coefficient (Wildman–Crippen LogP) is 3.16. The third kappa shape index (κ3) is 4.85. The first kappa shape index (κ1) is 22.3. The van der Waals surface area contributed by atoms with Gasteiger partial charge in [-0.3, -0.25) is 0 Å². The Morgan fingerprint density at radius 2 is 1.90 bits per heavy atom. The van der Waals surface area contributed by atoms with Crippen LogP contribution in [-0.2, 0) is 19.4 Å². The number of hydrogen-bond acceptors (Lipinski definition) is 7. The number of amides is 2. The maximum atomic E-state index is 12.9. The van der Waals surface area contributed by atoms with Crippen molar-refractivity contribution in [2.45, 2.75) is 17.2 Å². The van der Waals surface area contributed by atoms with Crippen LogP contribution in [0, 0.1) is 0 Å². The Morgan fingerprint density at radius 3 is 2.47 bits per heavy atom. The third-order valence-corrected chi connectivity index (χ3v) is 8.12. The molecule has 2 heterocycles. The van der Waals surface area contributed by atoms with Gasteiger partial charge in [0.2, 0.25) is 0 Å². The van der Waals surface area contributed by atoms with Crippen LogP contribution in [0.5, 0.6) is 5.75 Å². The molecule has 1 aliphatic heterocycles. The molecule has 0 radical (unpaired) electrons. The van der Waals surface area contributed by atoms with Crippen LogP contribution in [0.15, 0.2) is 55.7 Å². The van der Waals surface area contributed by atoms with Crippen LogP contribution in [0.25, 0.3) is 0 Å². The monoisotopic (exact) mass is 514 g/mol. The summed E-state index contributed by atoms with van der Waals surface area (Å²) in [6.07, 6.45) is 0. The lowest BCUT2D eigenvalue weighted by Crippen LogP contribution is -2.47. The van der Waals surface area contributed by atoms with Gasteiger partial charge in [0.1, 0.15) is 9.96 Å². The number of methoxy groups -OCH3 is 1. The lowest BCUT2D eigenvalue weighted by molar-refractivity contribution is -0.136. The predicted molar refractivity (Wildman–Crippen MR) is 115 cm³/mol. The van der Waals surface area contributed by atoms with Gasteiger partial charge in [-0.15, -0.1) is 11.3 Å². The van der Waals surface area contributed by atoms with E-state index in [-0.39, 0.29) is 15.5 Å². The van der Waals surface area contributed by atoms with Crippen molar-refractivity contribution in [3.8, 4) is 5.75 Å². The number of ether oxygens (including phenoxy) is 2. The summed E-state index contributed by atoms with van der Waals surface area (Å²) < 4.78 is 36.8. The number of hydrogen-bond donors (Lipinski definition) is 2. The molecule has 0 aliphatic carbocycles. The van der Waals surface area contributed by atoms with Crippen LogP contribution in [0.1, 0.15) is 18.5 Å². The van der Waals surface area contributed by atoms with E-state index in [0.29, 0.717) is 21.7 Å². The van der Waals surface area contributed by atoms with E-state index >= 15 is 0 Å². The van der Waals surface area contributed by atoms with Gasteiger partial charge in [-0.25, -0.2) is 18.0 Å². The maximum absolute atomic E-state index is 12.9. The first-order chi connectivity index (χ1) is 14.2. The SMILES string of the molecule is CCOc1ccc([C@@H]2NC(=O)NC(CS(=O)(=O)c3ccc(Br)s3)=C2C(=O)OC)cc1. The summed E-state index contributed by atoms with van der Waals surface area (Å²) in [5.74, 6) is -0.652. The molecule has 1 atom stereocenters. The highest BCUT2D eigenvalue weighted by molar-refractivity contribution is 9.11. The highest BCUT2D eigenvalue weighted by atomic mass is 79.9. The van der Waals surface area contributed by atoms with E-state index in [4.69, 9.17) is 9.47 Å². The molecule has 30 heavy (non-hydrogen) atoms. The van der Waals surface area contributed by atoms with Crippen molar-refractivity contribution in [1.29, 1.82) is 0 Å². The van der Waals surface area contributed by atoms with Crippen LogP contribution in [0.2, 0.25) is 0 Å². The first-order valence-electron chi connectivity index (χ1n) is 8.85. The lowest BCUT2D eigenvalue weighted by Gasteiger charge is -2.29. The molecule has 8 nitrogen and oxygen atoms in total. The molecule has 0 fully saturated rings. The zero-order chi connectivity index (χ0) is 21.9. The van der Waals surface area contributed by atoms with Crippen molar-refractivity contribution in [3.05, 3.63) is 57.0 Å². The fraction of sp³-hybridized carbons (Fsp3) is 0.263. The van der Waals surface area contributed by atoms with E-state index in [0.717, 1.165) is 11.3 Å². The van der Waals surface area contributed by atoms with Crippen molar-refractivity contribution < 1.29 is 27.5 Å². The Balaban J connectivity index is 2.04. The van der Waals surface area contributed by atoms with Crippen molar-refractivity contribution in [3.63, 3.8) is 0 Å². The molecule has 0 spiro atoms. The summed E-state index contributed by atoms with van der Waals surface area (Å²) in [6, 6.07) is 8.43. The highest BCUT2D eigenvalue weighted by Gasteiger charge is 2.35. The second kappa shape index (κ2) is 9.19. The number of carbonyl (C=O) groups excluding carboxylic acids is 2.